The molecule has 2 N–H and O–H groups in total. The standard InChI is InChI=1S/C19H30N4O3/c24-18(23-10-2-3-11-23)15-22-19(20-9-8-16-7-5-13-25-16)21-14-17-6-1-4-12-26-17/h5,7,13,17H,1-4,6,8-12,14-15H2,(H2,20,21,22). The number of furan rings is 1. The number of hydrogen-bond donors (Lipinski definition) is 2. The third-order valence-electron chi connectivity index (χ3n) is 4.85. The first-order valence-corrected chi connectivity index (χ1v) is 9.75. The van der Waals surface area contributed by atoms with Gasteiger partial charge in [-0.05, 0) is 44.2 Å². The van der Waals surface area contributed by atoms with Crippen LogP contribution in [0.2, 0.25) is 0 Å². The minimum Gasteiger partial charge on any atom is -0.469 e. The summed E-state index contributed by atoms with van der Waals surface area (Å²) in [6.07, 6.45) is 8.28. The van der Waals surface area contributed by atoms with Crippen molar-refractivity contribution in [3.63, 3.8) is 0 Å². The Morgan fingerprint density at radius 3 is 2.85 bits per heavy atom. The van der Waals surface area contributed by atoms with E-state index in [1.807, 2.05) is 17.0 Å². The van der Waals surface area contributed by atoms with E-state index in [2.05, 4.69) is 15.6 Å². The molecule has 0 aliphatic carbocycles. The molecule has 1 atom stereocenters. The summed E-state index contributed by atoms with van der Waals surface area (Å²) in [6, 6.07) is 3.84. The first kappa shape index (κ1) is 18.8. The zero-order valence-corrected chi connectivity index (χ0v) is 15.4. The van der Waals surface area contributed by atoms with E-state index in [9.17, 15) is 4.79 Å². The number of carbonyl (C=O) groups excluding carboxylic acids is 1. The van der Waals surface area contributed by atoms with Crippen molar-refractivity contribution >= 4 is 11.9 Å². The number of hydrogen-bond acceptors (Lipinski definition) is 4. The smallest absolute Gasteiger partial charge is 0.244 e. The van der Waals surface area contributed by atoms with E-state index < -0.39 is 0 Å². The first-order chi connectivity index (χ1) is 12.8. The quantitative estimate of drug-likeness (QED) is 0.568. The molecule has 26 heavy (non-hydrogen) atoms. The van der Waals surface area contributed by atoms with E-state index in [1.54, 1.807) is 6.26 Å². The Hall–Kier alpha value is -2.02. The lowest BCUT2D eigenvalue weighted by Gasteiger charge is -2.24. The molecule has 2 aliphatic heterocycles. The van der Waals surface area contributed by atoms with Crippen molar-refractivity contribution in [1.29, 1.82) is 0 Å². The maximum atomic E-state index is 12.2. The van der Waals surface area contributed by atoms with Gasteiger partial charge in [-0.1, -0.05) is 0 Å². The van der Waals surface area contributed by atoms with E-state index in [1.165, 1.54) is 6.42 Å². The molecule has 0 radical (unpaired) electrons. The predicted molar refractivity (Wildman–Crippen MR) is 100 cm³/mol. The van der Waals surface area contributed by atoms with Gasteiger partial charge in [0.2, 0.25) is 5.91 Å². The molecule has 144 valence electrons. The van der Waals surface area contributed by atoms with Gasteiger partial charge in [0.25, 0.3) is 0 Å². The third-order valence-corrected chi connectivity index (χ3v) is 4.85. The fraction of sp³-hybridized carbons (Fsp3) is 0.684. The van der Waals surface area contributed by atoms with Crippen LogP contribution in [0.1, 0.15) is 37.9 Å². The molecular weight excluding hydrogens is 332 g/mol. The molecule has 0 bridgehead atoms. The molecule has 3 rings (SSSR count). The lowest BCUT2D eigenvalue weighted by atomic mass is 10.1. The van der Waals surface area contributed by atoms with Crippen LogP contribution in [-0.4, -0.2) is 62.2 Å². The van der Waals surface area contributed by atoms with Crippen LogP contribution in [0.5, 0.6) is 0 Å². The van der Waals surface area contributed by atoms with Gasteiger partial charge in [0.1, 0.15) is 12.3 Å². The number of nitrogens with one attached hydrogen (secondary N) is 2. The molecule has 1 amide bonds. The van der Waals surface area contributed by atoms with Gasteiger partial charge in [0, 0.05) is 39.2 Å². The fourth-order valence-corrected chi connectivity index (χ4v) is 3.33. The van der Waals surface area contributed by atoms with Gasteiger partial charge in [-0.2, -0.15) is 0 Å². The van der Waals surface area contributed by atoms with Crippen LogP contribution in [0.4, 0.5) is 0 Å². The monoisotopic (exact) mass is 362 g/mol. The summed E-state index contributed by atoms with van der Waals surface area (Å²) in [5.41, 5.74) is 0. The maximum Gasteiger partial charge on any atom is 0.244 e. The molecule has 1 aromatic rings. The molecule has 0 saturated carbocycles. The molecule has 0 spiro atoms. The average molecular weight is 362 g/mol. The Kier molecular flexibility index (Phi) is 7.37. The highest BCUT2D eigenvalue weighted by molar-refractivity contribution is 5.85. The lowest BCUT2D eigenvalue weighted by molar-refractivity contribution is -0.128. The fourth-order valence-electron chi connectivity index (χ4n) is 3.33. The number of guanidine groups is 1. The SMILES string of the molecule is O=C(CN=C(NCCc1ccco1)NCC1CCCCO1)N1CCCC1. The van der Waals surface area contributed by atoms with Crippen LogP contribution >= 0.6 is 0 Å². The second kappa shape index (κ2) is 10.2. The van der Waals surface area contributed by atoms with Crippen LogP contribution in [0.25, 0.3) is 0 Å². The highest BCUT2D eigenvalue weighted by atomic mass is 16.5. The van der Waals surface area contributed by atoms with Crippen molar-refractivity contribution in [3.05, 3.63) is 24.2 Å². The van der Waals surface area contributed by atoms with Crippen LogP contribution in [0, 0.1) is 0 Å². The molecule has 7 heteroatoms. The molecule has 2 saturated heterocycles. The summed E-state index contributed by atoms with van der Waals surface area (Å²) in [6.45, 7) is 4.14. The summed E-state index contributed by atoms with van der Waals surface area (Å²) in [5.74, 6) is 1.70. The highest BCUT2D eigenvalue weighted by Crippen LogP contribution is 2.11. The van der Waals surface area contributed by atoms with E-state index in [0.29, 0.717) is 19.0 Å². The summed E-state index contributed by atoms with van der Waals surface area (Å²) in [5, 5.41) is 6.62. The predicted octanol–water partition coefficient (Wildman–Crippen LogP) is 1.55. The van der Waals surface area contributed by atoms with Crippen LogP contribution in [0.3, 0.4) is 0 Å². The van der Waals surface area contributed by atoms with E-state index in [-0.39, 0.29) is 18.6 Å². The van der Waals surface area contributed by atoms with Crippen molar-refractivity contribution < 1.29 is 13.9 Å². The second-order valence-electron chi connectivity index (χ2n) is 6.88. The van der Waals surface area contributed by atoms with Crippen molar-refractivity contribution in [1.82, 2.24) is 15.5 Å². The molecular formula is C19H30N4O3. The van der Waals surface area contributed by atoms with Gasteiger partial charge >= 0.3 is 0 Å². The molecule has 2 aliphatic rings. The summed E-state index contributed by atoms with van der Waals surface area (Å²) in [4.78, 5) is 18.6. The van der Waals surface area contributed by atoms with Crippen LogP contribution < -0.4 is 10.6 Å². The highest BCUT2D eigenvalue weighted by Gasteiger charge is 2.18. The minimum atomic E-state index is 0.101. The number of nitrogens with zero attached hydrogens (tertiary/aromatic N) is 2. The number of likely N-dealkylation sites (tertiary alicyclic amines) is 1. The third kappa shape index (κ3) is 6.05. The number of aliphatic imine (C=N–C) groups is 1. The molecule has 1 unspecified atom stereocenters. The Bertz CT molecular complexity index is 561. The molecule has 2 fully saturated rings. The van der Waals surface area contributed by atoms with Crippen LogP contribution in [0.15, 0.2) is 27.8 Å². The number of carbonyl (C=O) groups is 1. The van der Waals surface area contributed by atoms with Gasteiger partial charge in [0.15, 0.2) is 5.96 Å². The van der Waals surface area contributed by atoms with Crippen molar-refractivity contribution in [2.45, 2.75) is 44.6 Å². The molecule has 0 aromatic carbocycles. The normalized spacial score (nSPS) is 21.0. The molecule has 7 nitrogen and oxygen atoms in total. The van der Waals surface area contributed by atoms with E-state index in [0.717, 1.165) is 57.6 Å². The van der Waals surface area contributed by atoms with Gasteiger partial charge in [-0.3, -0.25) is 4.79 Å². The topological polar surface area (TPSA) is 79.1 Å². The first-order valence-electron chi connectivity index (χ1n) is 9.75. The maximum absolute atomic E-state index is 12.2. The Labute approximate surface area is 155 Å². The lowest BCUT2D eigenvalue weighted by Crippen LogP contribution is -2.44. The average Bonchev–Trinajstić information content (AvgIpc) is 3.38. The summed E-state index contributed by atoms with van der Waals surface area (Å²) >= 11 is 0. The largest absolute Gasteiger partial charge is 0.469 e. The Morgan fingerprint density at radius 2 is 2.12 bits per heavy atom. The zero-order chi connectivity index (χ0) is 18.0. The molecule has 1 aromatic heterocycles. The summed E-state index contributed by atoms with van der Waals surface area (Å²) < 4.78 is 11.1. The van der Waals surface area contributed by atoms with Gasteiger partial charge in [-0.25, -0.2) is 4.99 Å². The van der Waals surface area contributed by atoms with E-state index >= 15 is 0 Å². The Balaban J connectivity index is 1.48. The zero-order valence-electron chi connectivity index (χ0n) is 15.4. The van der Waals surface area contributed by atoms with Crippen molar-refractivity contribution in [3.8, 4) is 0 Å². The second-order valence-corrected chi connectivity index (χ2v) is 6.88. The number of amides is 1. The van der Waals surface area contributed by atoms with Crippen molar-refractivity contribution in [2.75, 3.05) is 39.3 Å². The van der Waals surface area contributed by atoms with Gasteiger partial charge in [-0.15, -0.1) is 0 Å². The number of ether oxygens (including phenoxy) is 1. The van der Waals surface area contributed by atoms with E-state index in [4.69, 9.17) is 9.15 Å². The van der Waals surface area contributed by atoms with Crippen LogP contribution in [-0.2, 0) is 16.0 Å². The van der Waals surface area contributed by atoms with Gasteiger partial charge in [0.05, 0.1) is 12.4 Å². The number of rotatable bonds is 7. The molecule has 3 heterocycles. The minimum absolute atomic E-state index is 0.101. The summed E-state index contributed by atoms with van der Waals surface area (Å²) in [7, 11) is 0. The Morgan fingerprint density at radius 1 is 1.23 bits per heavy atom. The van der Waals surface area contributed by atoms with Crippen molar-refractivity contribution in [2.24, 2.45) is 4.99 Å². The van der Waals surface area contributed by atoms with Gasteiger partial charge < -0.3 is 24.7 Å².